The highest BCUT2D eigenvalue weighted by Crippen LogP contribution is 2.41. The van der Waals surface area contributed by atoms with Gasteiger partial charge < -0.3 is 31.1 Å². The first-order valence-electron chi connectivity index (χ1n) is 11.7. The second kappa shape index (κ2) is 10.6. The number of alkyl halides is 3. The summed E-state index contributed by atoms with van der Waals surface area (Å²) < 4.78 is 46.3. The predicted octanol–water partition coefficient (Wildman–Crippen LogP) is 3.42. The van der Waals surface area contributed by atoms with E-state index in [1.54, 1.807) is 12.1 Å². The molecule has 15 heteroatoms. The van der Waals surface area contributed by atoms with Crippen LogP contribution in [0.25, 0.3) is 11.4 Å². The Labute approximate surface area is 220 Å². The number of nitrogens with zero attached hydrogens (tertiary/aromatic N) is 5. The number of pyridine rings is 2. The van der Waals surface area contributed by atoms with Crippen molar-refractivity contribution < 1.29 is 32.6 Å². The Hall–Kier alpha value is -4.69. The number of piperidine rings is 1. The lowest BCUT2D eigenvalue weighted by molar-refractivity contribution is -0.138. The fourth-order valence-corrected chi connectivity index (χ4v) is 4.30. The highest BCUT2D eigenvalue weighted by molar-refractivity contribution is 6.06. The van der Waals surface area contributed by atoms with Crippen LogP contribution < -0.4 is 26.0 Å². The van der Waals surface area contributed by atoms with E-state index in [1.165, 1.54) is 6.20 Å². The van der Waals surface area contributed by atoms with E-state index in [0.717, 1.165) is 25.6 Å². The second-order valence-electron chi connectivity index (χ2n) is 9.03. The van der Waals surface area contributed by atoms with Crippen LogP contribution in [0, 0.1) is 0 Å². The number of carboxylic acid groups (broad SMARTS) is 1. The first-order valence-corrected chi connectivity index (χ1v) is 11.7. The summed E-state index contributed by atoms with van der Waals surface area (Å²) in [6, 6.07) is 4.47. The van der Waals surface area contributed by atoms with Crippen molar-refractivity contribution in [3.8, 4) is 17.1 Å². The number of hydrogen-bond acceptors (Lipinski definition) is 9. The summed E-state index contributed by atoms with van der Waals surface area (Å²) in [5, 5.41) is 14.2. The number of aromatic nitrogens is 4. The summed E-state index contributed by atoms with van der Waals surface area (Å²) >= 11 is 0. The minimum Gasteiger partial charge on any atom is -0.496 e. The smallest absolute Gasteiger partial charge is 0.422 e. The number of amides is 2. The number of nitrogens with one attached hydrogen (secondary N) is 2. The standard InChI is InChI=1S/C24H25F3N8O4/c1-23(34-22(37)38)6-10-35(11-7-23)14-4-3-8-30-20(14)33-21(36)18-19(28)31-12-13(32-18)17-16(24(25,26)27)15(39-2)5-9-29-17/h3-5,8-9,12,34H,6-7,10-11H2,1-2H3,(H2,28,31)(H,37,38)(H,30,33,36). The number of ether oxygens (including phenoxy) is 1. The molecule has 0 aliphatic carbocycles. The topological polar surface area (TPSA) is 168 Å². The SMILES string of the molecule is COc1ccnc(-c2cnc(N)c(C(=O)Nc3ncccc3N3CCC(C)(NC(=O)O)CC3)n2)c1C(F)(F)F. The number of rotatable bonds is 6. The van der Waals surface area contributed by atoms with Gasteiger partial charge in [0, 0.05) is 31.0 Å². The molecule has 0 spiro atoms. The number of nitrogens with two attached hydrogens (primary N) is 1. The van der Waals surface area contributed by atoms with Crippen molar-refractivity contribution in [3.05, 3.63) is 48.0 Å². The maximum atomic E-state index is 13.8. The molecule has 1 aliphatic rings. The number of nitrogen functional groups attached to an aromatic ring is 1. The van der Waals surface area contributed by atoms with Crippen LogP contribution in [-0.2, 0) is 6.18 Å². The lowest BCUT2D eigenvalue weighted by atomic mass is 9.89. The van der Waals surface area contributed by atoms with Gasteiger partial charge in [-0.25, -0.2) is 19.7 Å². The molecule has 1 saturated heterocycles. The molecule has 4 heterocycles. The summed E-state index contributed by atoms with van der Waals surface area (Å²) in [5.74, 6) is -1.45. The van der Waals surface area contributed by atoms with E-state index in [9.17, 15) is 22.8 Å². The molecule has 12 nitrogen and oxygen atoms in total. The van der Waals surface area contributed by atoms with Crippen LogP contribution in [0.2, 0.25) is 0 Å². The zero-order chi connectivity index (χ0) is 28.4. The third kappa shape index (κ3) is 5.91. The third-order valence-electron chi connectivity index (χ3n) is 6.31. The van der Waals surface area contributed by atoms with Gasteiger partial charge in [0.05, 0.1) is 19.0 Å². The Balaban J connectivity index is 1.61. The van der Waals surface area contributed by atoms with Gasteiger partial charge in [-0.2, -0.15) is 13.2 Å². The molecule has 4 rings (SSSR count). The third-order valence-corrected chi connectivity index (χ3v) is 6.31. The molecule has 1 fully saturated rings. The Kier molecular flexibility index (Phi) is 7.42. The van der Waals surface area contributed by atoms with Gasteiger partial charge in [0.15, 0.2) is 17.3 Å². The van der Waals surface area contributed by atoms with E-state index in [4.69, 9.17) is 15.6 Å². The fraction of sp³-hybridized carbons (Fsp3) is 0.333. The summed E-state index contributed by atoms with van der Waals surface area (Å²) in [5.41, 5.74) is 3.35. The molecule has 2 amide bonds. The number of carbonyl (C=O) groups excluding carboxylic acids is 1. The fourth-order valence-electron chi connectivity index (χ4n) is 4.30. The predicted molar refractivity (Wildman–Crippen MR) is 134 cm³/mol. The average molecular weight is 547 g/mol. The summed E-state index contributed by atoms with van der Waals surface area (Å²) in [6.07, 6.45) is -1.34. The van der Waals surface area contributed by atoms with E-state index in [2.05, 4.69) is 30.6 Å². The normalized spacial score (nSPS) is 14.9. The van der Waals surface area contributed by atoms with Crippen molar-refractivity contribution in [2.24, 2.45) is 0 Å². The first-order chi connectivity index (χ1) is 18.4. The molecule has 1 aliphatic heterocycles. The van der Waals surface area contributed by atoms with Crippen molar-refractivity contribution in [3.63, 3.8) is 0 Å². The maximum Gasteiger partial charge on any atom is 0.422 e. The van der Waals surface area contributed by atoms with Crippen LogP contribution in [0.4, 0.5) is 35.3 Å². The van der Waals surface area contributed by atoms with Crippen LogP contribution >= 0.6 is 0 Å². The average Bonchev–Trinajstić information content (AvgIpc) is 2.88. The van der Waals surface area contributed by atoms with Crippen molar-refractivity contribution in [2.45, 2.75) is 31.5 Å². The van der Waals surface area contributed by atoms with Crippen LogP contribution in [-0.4, -0.2) is 62.8 Å². The molecule has 0 aromatic carbocycles. The van der Waals surface area contributed by atoms with Crippen LogP contribution in [0.15, 0.2) is 36.8 Å². The zero-order valence-electron chi connectivity index (χ0n) is 20.9. The van der Waals surface area contributed by atoms with Crippen molar-refractivity contribution in [1.82, 2.24) is 25.3 Å². The van der Waals surface area contributed by atoms with Crippen LogP contribution in [0.5, 0.6) is 5.75 Å². The lowest BCUT2D eigenvalue weighted by Gasteiger charge is -2.40. The maximum absolute atomic E-state index is 13.8. The molecule has 0 unspecified atom stereocenters. The highest BCUT2D eigenvalue weighted by atomic mass is 19.4. The minimum absolute atomic E-state index is 0.166. The van der Waals surface area contributed by atoms with Crippen LogP contribution in [0.1, 0.15) is 35.8 Å². The Morgan fingerprint density at radius 3 is 2.51 bits per heavy atom. The number of methoxy groups -OCH3 is 1. The summed E-state index contributed by atoms with van der Waals surface area (Å²) in [6.45, 7) is 2.77. The van der Waals surface area contributed by atoms with Gasteiger partial charge in [0.2, 0.25) is 0 Å². The molecule has 0 saturated carbocycles. The molecular formula is C24H25F3N8O4. The molecule has 3 aromatic heterocycles. The van der Waals surface area contributed by atoms with Crippen molar-refractivity contribution in [2.75, 3.05) is 36.1 Å². The van der Waals surface area contributed by atoms with Gasteiger partial charge in [0.25, 0.3) is 5.91 Å². The Morgan fingerprint density at radius 1 is 1.15 bits per heavy atom. The highest BCUT2D eigenvalue weighted by Gasteiger charge is 2.39. The van der Waals surface area contributed by atoms with E-state index in [-0.39, 0.29) is 17.3 Å². The van der Waals surface area contributed by atoms with Gasteiger partial charge >= 0.3 is 12.3 Å². The number of carbonyl (C=O) groups is 2. The van der Waals surface area contributed by atoms with E-state index in [0.29, 0.717) is 31.6 Å². The minimum atomic E-state index is -4.83. The summed E-state index contributed by atoms with van der Waals surface area (Å²) in [4.78, 5) is 42.2. The number of halogens is 3. The molecule has 206 valence electrons. The first kappa shape index (κ1) is 27.3. The monoisotopic (exact) mass is 546 g/mol. The molecular weight excluding hydrogens is 521 g/mol. The Morgan fingerprint density at radius 2 is 1.87 bits per heavy atom. The van der Waals surface area contributed by atoms with Gasteiger partial charge in [-0.1, -0.05) is 0 Å². The molecule has 0 atom stereocenters. The molecule has 0 bridgehead atoms. The largest absolute Gasteiger partial charge is 0.496 e. The van der Waals surface area contributed by atoms with Crippen molar-refractivity contribution in [1.29, 1.82) is 0 Å². The van der Waals surface area contributed by atoms with Gasteiger partial charge in [-0.15, -0.1) is 0 Å². The molecule has 3 aromatic rings. The zero-order valence-corrected chi connectivity index (χ0v) is 20.9. The molecule has 0 radical (unpaired) electrons. The summed E-state index contributed by atoms with van der Waals surface area (Å²) in [7, 11) is 1.10. The molecule has 5 N–H and O–H groups in total. The van der Waals surface area contributed by atoms with Gasteiger partial charge in [-0.05, 0) is 38.0 Å². The molecule has 39 heavy (non-hydrogen) atoms. The van der Waals surface area contributed by atoms with Gasteiger partial charge in [-0.3, -0.25) is 9.78 Å². The lowest BCUT2D eigenvalue weighted by Crippen LogP contribution is -2.53. The second-order valence-corrected chi connectivity index (χ2v) is 9.03. The van der Waals surface area contributed by atoms with Gasteiger partial charge in [0.1, 0.15) is 22.7 Å². The van der Waals surface area contributed by atoms with E-state index >= 15 is 0 Å². The van der Waals surface area contributed by atoms with Crippen LogP contribution in [0.3, 0.4) is 0 Å². The van der Waals surface area contributed by atoms with E-state index < -0.39 is 46.4 Å². The quantitative estimate of drug-likeness (QED) is 0.359. The van der Waals surface area contributed by atoms with E-state index in [1.807, 2.05) is 11.8 Å². The Bertz CT molecular complexity index is 1390. The number of anilines is 3. The van der Waals surface area contributed by atoms with Crippen molar-refractivity contribution >= 4 is 29.3 Å². The number of hydrogen-bond donors (Lipinski definition) is 4.